The highest BCUT2D eigenvalue weighted by Crippen LogP contribution is 2.26. The number of aryl methyl sites for hydroxylation is 1. The monoisotopic (exact) mass is 231 g/mol. The predicted octanol–water partition coefficient (Wildman–Crippen LogP) is 3.33. The summed E-state index contributed by atoms with van der Waals surface area (Å²) in [5.74, 6) is 0.432. The second kappa shape index (κ2) is 5.35. The van der Waals surface area contributed by atoms with Gasteiger partial charge in [0.15, 0.2) is 0 Å². The highest BCUT2D eigenvalue weighted by atomic mass is 16.1. The summed E-state index contributed by atoms with van der Waals surface area (Å²) >= 11 is 0. The van der Waals surface area contributed by atoms with Crippen molar-refractivity contribution in [3.63, 3.8) is 0 Å². The molecule has 92 valence electrons. The van der Waals surface area contributed by atoms with Crippen LogP contribution in [0.2, 0.25) is 0 Å². The molecule has 0 amide bonds. The second-order valence-corrected chi connectivity index (χ2v) is 4.89. The molecule has 0 aliphatic heterocycles. The summed E-state index contributed by atoms with van der Waals surface area (Å²) in [6.07, 6.45) is 3.54. The van der Waals surface area contributed by atoms with Crippen LogP contribution >= 0.6 is 0 Å². The Morgan fingerprint density at radius 2 is 1.76 bits per heavy atom. The number of nitrogens with zero attached hydrogens (tertiary/aromatic N) is 1. The molecule has 1 fully saturated rings. The molecule has 0 bridgehead atoms. The van der Waals surface area contributed by atoms with Crippen LogP contribution in [0.1, 0.15) is 38.2 Å². The van der Waals surface area contributed by atoms with Crippen molar-refractivity contribution >= 4 is 11.5 Å². The number of benzene rings is 1. The molecule has 0 atom stereocenters. The number of anilines is 1. The van der Waals surface area contributed by atoms with Gasteiger partial charge >= 0.3 is 0 Å². The Balaban J connectivity index is 2.10. The fraction of sp³-hybridized carbons (Fsp3) is 0.533. The first-order valence-corrected chi connectivity index (χ1v) is 6.55. The first kappa shape index (κ1) is 12.2. The molecule has 0 heterocycles. The van der Waals surface area contributed by atoms with Gasteiger partial charge in [-0.2, -0.15) is 0 Å². The van der Waals surface area contributed by atoms with Crippen LogP contribution in [0.5, 0.6) is 0 Å². The largest absolute Gasteiger partial charge is 0.369 e. The van der Waals surface area contributed by atoms with Gasteiger partial charge < -0.3 is 4.90 Å². The quantitative estimate of drug-likeness (QED) is 0.795. The van der Waals surface area contributed by atoms with Gasteiger partial charge in [0.1, 0.15) is 5.78 Å². The Bertz CT molecular complexity index is 372. The molecular weight excluding hydrogens is 210 g/mol. The number of ketones is 1. The van der Waals surface area contributed by atoms with Gasteiger partial charge in [-0.15, -0.1) is 0 Å². The van der Waals surface area contributed by atoms with E-state index in [0.717, 1.165) is 32.2 Å². The molecule has 1 aliphatic carbocycles. The molecule has 1 aromatic carbocycles. The maximum Gasteiger partial charge on any atom is 0.133 e. The van der Waals surface area contributed by atoms with Crippen molar-refractivity contribution in [2.24, 2.45) is 0 Å². The summed E-state index contributed by atoms with van der Waals surface area (Å²) in [6, 6.07) is 9.24. The fourth-order valence-electron chi connectivity index (χ4n) is 2.62. The van der Waals surface area contributed by atoms with Crippen LogP contribution in [0.25, 0.3) is 0 Å². The summed E-state index contributed by atoms with van der Waals surface area (Å²) in [5, 5.41) is 0. The van der Waals surface area contributed by atoms with Crippen molar-refractivity contribution < 1.29 is 4.79 Å². The summed E-state index contributed by atoms with van der Waals surface area (Å²) in [4.78, 5) is 13.7. The molecule has 2 rings (SSSR count). The van der Waals surface area contributed by atoms with Crippen LogP contribution in [0.15, 0.2) is 24.3 Å². The molecule has 0 aromatic heterocycles. The first-order chi connectivity index (χ1) is 8.20. The zero-order chi connectivity index (χ0) is 12.3. The Kier molecular flexibility index (Phi) is 3.82. The van der Waals surface area contributed by atoms with E-state index in [0.29, 0.717) is 11.8 Å². The van der Waals surface area contributed by atoms with Crippen LogP contribution in [-0.4, -0.2) is 18.4 Å². The van der Waals surface area contributed by atoms with E-state index in [4.69, 9.17) is 0 Å². The lowest BCUT2D eigenvalue weighted by molar-refractivity contribution is -0.120. The number of rotatable bonds is 3. The molecule has 0 saturated heterocycles. The van der Waals surface area contributed by atoms with E-state index in [1.54, 1.807) is 0 Å². The van der Waals surface area contributed by atoms with Gasteiger partial charge in [-0.05, 0) is 38.8 Å². The van der Waals surface area contributed by atoms with Crippen molar-refractivity contribution in [1.82, 2.24) is 0 Å². The topological polar surface area (TPSA) is 20.3 Å². The van der Waals surface area contributed by atoms with Crippen LogP contribution in [0.3, 0.4) is 0 Å². The van der Waals surface area contributed by atoms with E-state index in [-0.39, 0.29) is 0 Å². The molecule has 1 aliphatic rings. The van der Waals surface area contributed by atoms with Crippen LogP contribution in [-0.2, 0) is 4.79 Å². The lowest BCUT2D eigenvalue weighted by Gasteiger charge is -2.35. The van der Waals surface area contributed by atoms with Gasteiger partial charge in [-0.1, -0.05) is 17.7 Å². The maximum absolute atomic E-state index is 11.3. The molecule has 2 heteroatoms. The summed E-state index contributed by atoms with van der Waals surface area (Å²) < 4.78 is 0. The van der Waals surface area contributed by atoms with E-state index in [1.165, 1.54) is 11.3 Å². The number of carbonyl (C=O) groups excluding carboxylic acids is 1. The van der Waals surface area contributed by atoms with E-state index in [2.05, 4.69) is 43.0 Å². The third-order valence-corrected chi connectivity index (χ3v) is 3.66. The number of hydrogen-bond acceptors (Lipinski definition) is 2. The molecular formula is C15H21NO. The van der Waals surface area contributed by atoms with Crippen molar-refractivity contribution in [3.05, 3.63) is 29.8 Å². The lowest BCUT2D eigenvalue weighted by atomic mass is 9.92. The molecule has 1 saturated carbocycles. The number of hydrogen-bond donors (Lipinski definition) is 0. The van der Waals surface area contributed by atoms with Gasteiger partial charge in [0.2, 0.25) is 0 Å². The molecule has 0 unspecified atom stereocenters. The number of Topliss-reactive ketones (excluding diaryl/α,β-unsaturated/α-hetero) is 1. The minimum absolute atomic E-state index is 0.432. The van der Waals surface area contributed by atoms with E-state index < -0.39 is 0 Å². The molecule has 2 nitrogen and oxygen atoms in total. The van der Waals surface area contributed by atoms with Crippen molar-refractivity contribution in [2.45, 2.75) is 45.6 Å². The van der Waals surface area contributed by atoms with E-state index in [1.807, 2.05) is 0 Å². The zero-order valence-corrected chi connectivity index (χ0v) is 10.8. The third kappa shape index (κ3) is 2.87. The van der Waals surface area contributed by atoms with Gasteiger partial charge in [0.25, 0.3) is 0 Å². The predicted molar refractivity (Wildman–Crippen MR) is 71.5 cm³/mol. The lowest BCUT2D eigenvalue weighted by Crippen LogP contribution is -2.38. The minimum atomic E-state index is 0.432. The van der Waals surface area contributed by atoms with Crippen LogP contribution in [0, 0.1) is 6.92 Å². The normalized spacial score (nSPS) is 17.2. The summed E-state index contributed by atoms with van der Waals surface area (Å²) in [5.41, 5.74) is 2.58. The molecule has 0 spiro atoms. The Morgan fingerprint density at radius 3 is 2.29 bits per heavy atom. The molecule has 0 N–H and O–H groups in total. The Morgan fingerprint density at radius 1 is 1.18 bits per heavy atom. The Hall–Kier alpha value is -1.31. The average molecular weight is 231 g/mol. The average Bonchev–Trinajstić information content (AvgIpc) is 2.35. The zero-order valence-electron chi connectivity index (χ0n) is 10.8. The van der Waals surface area contributed by atoms with E-state index >= 15 is 0 Å². The second-order valence-electron chi connectivity index (χ2n) is 4.89. The van der Waals surface area contributed by atoms with Gasteiger partial charge in [0, 0.05) is 31.1 Å². The van der Waals surface area contributed by atoms with Crippen molar-refractivity contribution in [2.75, 3.05) is 11.4 Å². The van der Waals surface area contributed by atoms with E-state index in [9.17, 15) is 4.79 Å². The van der Waals surface area contributed by atoms with Crippen LogP contribution in [0.4, 0.5) is 5.69 Å². The van der Waals surface area contributed by atoms with Gasteiger partial charge in [-0.25, -0.2) is 0 Å². The smallest absolute Gasteiger partial charge is 0.133 e. The molecule has 1 aromatic rings. The highest BCUT2D eigenvalue weighted by Gasteiger charge is 2.23. The highest BCUT2D eigenvalue weighted by molar-refractivity contribution is 5.79. The van der Waals surface area contributed by atoms with Crippen LogP contribution < -0.4 is 4.90 Å². The third-order valence-electron chi connectivity index (χ3n) is 3.66. The minimum Gasteiger partial charge on any atom is -0.369 e. The standard InChI is InChI=1S/C15H21NO/c1-3-16(13-6-4-12(2)5-7-13)14-8-10-15(17)11-9-14/h4-7,14H,3,8-11H2,1-2H3. The first-order valence-electron chi connectivity index (χ1n) is 6.55. The van der Waals surface area contributed by atoms with Gasteiger partial charge in [0.05, 0.1) is 0 Å². The summed E-state index contributed by atoms with van der Waals surface area (Å²) in [6.45, 7) is 5.32. The fourth-order valence-corrected chi connectivity index (χ4v) is 2.62. The maximum atomic E-state index is 11.3. The SMILES string of the molecule is CCN(c1ccc(C)cc1)C1CCC(=O)CC1. The molecule has 0 radical (unpaired) electrons. The van der Waals surface area contributed by atoms with Gasteiger partial charge in [-0.3, -0.25) is 4.79 Å². The Labute approximate surface area is 104 Å². The molecule has 17 heavy (non-hydrogen) atoms. The summed E-state index contributed by atoms with van der Waals surface area (Å²) in [7, 11) is 0. The van der Waals surface area contributed by atoms with Crippen molar-refractivity contribution in [3.8, 4) is 0 Å². The number of carbonyl (C=O) groups is 1. The van der Waals surface area contributed by atoms with Crippen molar-refractivity contribution in [1.29, 1.82) is 0 Å².